The predicted molar refractivity (Wildman–Crippen MR) is 76.1 cm³/mol. The first-order valence-corrected chi connectivity index (χ1v) is 7.12. The van der Waals surface area contributed by atoms with Crippen LogP contribution in [0.15, 0.2) is 28.7 Å². The number of hydrogen-bond donors (Lipinski definition) is 1. The van der Waals surface area contributed by atoms with E-state index in [0.29, 0.717) is 0 Å². The first-order chi connectivity index (χ1) is 8.17. The van der Waals surface area contributed by atoms with E-state index in [4.69, 9.17) is 0 Å². The van der Waals surface area contributed by atoms with Crippen molar-refractivity contribution in [1.29, 1.82) is 0 Å². The molecule has 1 N–H and O–H groups in total. The standard InChI is InChI=1S/C14H22BrNO/c1-3-9-16(10-4-2)11-14(17)12-5-7-13(15)8-6-12/h5-8,14,17H,3-4,9-11H2,1-2H3/t14-/m0/s1. The highest BCUT2D eigenvalue weighted by atomic mass is 79.9. The van der Waals surface area contributed by atoms with Crippen molar-refractivity contribution in [2.24, 2.45) is 0 Å². The van der Waals surface area contributed by atoms with Gasteiger partial charge in [-0.3, -0.25) is 0 Å². The Kier molecular flexibility index (Phi) is 6.78. The van der Waals surface area contributed by atoms with E-state index in [1.54, 1.807) is 0 Å². The van der Waals surface area contributed by atoms with Gasteiger partial charge in [0.15, 0.2) is 0 Å². The van der Waals surface area contributed by atoms with Gasteiger partial charge in [0.2, 0.25) is 0 Å². The second kappa shape index (κ2) is 7.85. The molecule has 0 aliphatic rings. The monoisotopic (exact) mass is 299 g/mol. The van der Waals surface area contributed by atoms with Gasteiger partial charge in [-0.15, -0.1) is 0 Å². The molecule has 2 nitrogen and oxygen atoms in total. The molecule has 0 heterocycles. The average molecular weight is 300 g/mol. The molecule has 3 heteroatoms. The van der Waals surface area contributed by atoms with Crippen molar-refractivity contribution in [2.45, 2.75) is 32.8 Å². The van der Waals surface area contributed by atoms with Gasteiger partial charge < -0.3 is 10.0 Å². The number of aliphatic hydroxyl groups excluding tert-OH is 1. The molecule has 0 aliphatic carbocycles. The van der Waals surface area contributed by atoms with Gasteiger partial charge in [0, 0.05) is 11.0 Å². The topological polar surface area (TPSA) is 23.5 Å². The molecule has 1 aromatic carbocycles. The predicted octanol–water partition coefficient (Wildman–Crippen LogP) is 3.60. The molecule has 1 rings (SSSR count). The Morgan fingerprint density at radius 3 is 2.12 bits per heavy atom. The Labute approximate surface area is 113 Å². The number of hydrogen-bond acceptors (Lipinski definition) is 2. The molecule has 0 saturated heterocycles. The van der Waals surface area contributed by atoms with Crippen LogP contribution in [0.4, 0.5) is 0 Å². The van der Waals surface area contributed by atoms with E-state index >= 15 is 0 Å². The summed E-state index contributed by atoms with van der Waals surface area (Å²) in [6.07, 6.45) is 1.88. The summed E-state index contributed by atoms with van der Waals surface area (Å²) >= 11 is 3.40. The van der Waals surface area contributed by atoms with Gasteiger partial charge >= 0.3 is 0 Å². The number of halogens is 1. The van der Waals surface area contributed by atoms with Crippen LogP contribution < -0.4 is 0 Å². The molecular formula is C14H22BrNO. The highest BCUT2D eigenvalue weighted by Gasteiger charge is 2.12. The number of rotatable bonds is 7. The molecule has 0 aromatic heterocycles. The van der Waals surface area contributed by atoms with E-state index in [2.05, 4.69) is 34.7 Å². The lowest BCUT2D eigenvalue weighted by molar-refractivity contribution is 0.113. The van der Waals surface area contributed by atoms with Gasteiger partial charge in [-0.25, -0.2) is 0 Å². The molecular weight excluding hydrogens is 278 g/mol. The molecule has 0 fully saturated rings. The van der Waals surface area contributed by atoms with Gasteiger partial charge in [-0.2, -0.15) is 0 Å². The van der Waals surface area contributed by atoms with Crippen molar-refractivity contribution in [2.75, 3.05) is 19.6 Å². The van der Waals surface area contributed by atoms with Crippen LogP contribution >= 0.6 is 15.9 Å². The van der Waals surface area contributed by atoms with Crippen molar-refractivity contribution in [3.8, 4) is 0 Å². The van der Waals surface area contributed by atoms with E-state index in [-0.39, 0.29) is 6.10 Å². The minimum Gasteiger partial charge on any atom is -0.387 e. The lowest BCUT2D eigenvalue weighted by Crippen LogP contribution is -2.30. The van der Waals surface area contributed by atoms with Crippen LogP contribution in [-0.2, 0) is 0 Å². The third kappa shape index (κ3) is 5.19. The van der Waals surface area contributed by atoms with E-state index in [9.17, 15) is 5.11 Å². The van der Waals surface area contributed by atoms with E-state index in [1.807, 2.05) is 24.3 Å². The second-order valence-electron chi connectivity index (χ2n) is 4.37. The largest absolute Gasteiger partial charge is 0.387 e. The Bertz CT molecular complexity index is 307. The Balaban J connectivity index is 2.56. The van der Waals surface area contributed by atoms with Gasteiger partial charge in [0.05, 0.1) is 6.10 Å². The molecule has 0 unspecified atom stereocenters. The summed E-state index contributed by atoms with van der Waals surface area (Å²) < 4.78 is 1.05. The lowest BCUT2D eigenvalue weighted by atomic mass is 10.1. The zero-order valence-corrected chi connectivity index (χ0v) is 12.3. The van der Waals surface area contributed by atoms with Crippen molar-refractivity contribution in [1.82, 2.24) is 4.90 Å². The van der Waals surface area contributed by atoms with Crippen LogP contribution in [-0.4, -0.2) is 29.6 Å². The third-order valence-electron chi connectivity index (χ3n) is 2.77. The van der Waals surface area contributed by atoms with Crippen molar-refractivity contribution >= 4 is 15.9 Å². The smallest absolute Gasteiger partial charge is 0.0916 e. The Hall–Kier alpha value is -0.380. The number of aliphatic hydroxyl groups is 1. The Morgan fingerprint density at radius 2 is 1.65 bits per heavy atom. The van der Waals surface area contributed by atoms with E-state index < -0.39 is 0 Å². The third-order valence-corrected chi connectivity index (χ3v) is 3.29. The van der Waals surface area contributed by atoms with E-state index in [1.165, 1.54) is 0 Å². The summed E-state index contributed by atoms with van der Waals surface area (Å²) in [6.45, 7) is 7.19. The van der Waals surface area contributed by atoms with Crippen molar-refractivity contribution in [3.63, 3.8) is 0 Å². The van der Waals surface area contributed by atoms with Crippen LogP contribution in [0.1, 0.15) is 38.4 Å². The minimum atomic E-state index is -0.388. The first kappa shape index (κ1) is 14.7. The molecule has 0 aliphatic heterocycles. The SMILES string of the molecule is CCCN(CCC)C[C@H](O)c1ccc(Br)cc1. The quantitative estimate of drug-likeness (QED) is 0.831. The summed E-state index contributed by atoms with van der Waals surface area (Å²) in [4.78, 5) is 2.33. The van der Waals surface area contributed by atoms with Gasteiger partial charge in [0.1, 0.15) is 0 Å². The fourth-order valence-electron chi connectivity index (χ4n) is 1.96. The maximum absolute atomic E-state index is 10.2. The molecule has 0 radical (unpaired) electrons. The molecule has 17 heavy (non-hydrogen) atoms. The molecule has 0 spiro atoms. The summed E-state index contributed by atoms with van der Waals surface area (Å²) in [5.41, 5.74) is 0.991. The molecule has 0 saturated carbocycles. The molecule has 1 aromatic rings. The van der Waals surface area contributed by atoms with Crippen LogP contribution in [0.5, 0.6) is 0 Å². The minimum absolute atomic E-state index is 0.388. The van der Waals surface area contributed by atoms with E-state index in [0.717, 1.165) is 42.5 Å². The zero-order valence-electron chi connectivity index (χ0n) is 10.7. The van der Waals surface area contributed by atoms with Gasteiger partial charge in [-0.05, 0) is 43.6 Å². The van der Waals surface area contributed by atoms with Crippen LogP contribution in [0.25, 0.3) is 0 Å². The summed E-state index contributed by atoms with van der Waals surface area (Å²) in [5.74, 6) is 0. The lowest BCUT2D eigenvalue weighted by Gasteiger charge is -2.24. The van der Waals surface area contributed by atoms with Crippen LogP contribution in [0, 0.1) is 0 Å². The molecule has 0 amide bonds. The number of nitrogens with zero attached hydrogens (tertiary/aromatic N) is 1. The van der Waals surface area contributed by atoms with Crippen LogP contribution in [0.2, 0.25) is 0 Å². The number of benzene rings is 1. The highest BCUT2D eigenvalue weighted by Crippen LogP contribution is 2.18. The Morgan fingerprint density at radius 1 is 1.12 bits per heavy atom. The highest BCUT2D eigenvalue weighted by molar-refractivity contribution is 9.10. The molecule has 1 atom stereocenters. The fourth-order valence-corrected chi connectivity index (χ4v) is 2.23. The van der Waals surface area contributed by atoms with Gasteiger partial charge in [0.25, 0.3) is 0 Å². The van der Waals surface area contributed by atoms with Crippen LogP contribution in [0.3, 0.4) is 0 Å². The van der Waals surface area contributed by atoms with Crippen molar-refractivity contribution in [3.05, 3.63) is 34.3 Å². The average Bonchev–Trinajstić information content (AvgIpc) is 2.30. The molecule has 0 bridgehead atoms. The summed E-state index contributed by atoms with van der Waals surface area (Å²) in [6, 6.07) is 7.90. The normalized spacial score (nSPS) is 13.0. The zero-order chi connectivity index (χ0) is 12.7. The summed E-state index contributed by atoms with van der Waals surface area (Å²) in [7, 11) is 0. The maximum Gasteiger partial charge on any atom is 0.0916 e. The van der Waals surface area contributed by atoms with Crippen molar-refractivity contribution < 1.29 is 5.11 Å². The molecule has 96 valence electrons. The fraction of sp³-hybridized carbons (Fsp3) is 0.571. The van der Waals surface area contributed by atoms with Gasteiger partial charge in [-0.1, -0.05) is 41.9 Å². The summed E-state index contributed by atoms with van der Waals surface area (Å²) in [5, 5.41) is 10.2. The maximum atomic E-state index is 10.2. The first-order valence-electron chi connectivity index (χ1n) is 6.33. The second-order valence-corrected chi connectivity index (χ2v) is 5.28.